The van der Waals surface area contributed by atoms with Crippen LogP contribution in [0.25, 0.3) is 0 Å². The zero-order valence-corrected chi connectivity index (χ0v) is 17.0. The topological polar surface area (TPSA) is 129 Å². The zero-order valence-electron chi connectivity index (χ0n) is 17.0. The molecule has 2 N–H and O–H groups in total. The molecule has 164 valence electrons. The fourth-order valence-corrected chi connectivity index (χ4v) is 2.69. The number of hydrogen-bond donors (Lipinski definition) is 2. The molecule has 0 saturated carbocycles. The smallest absolute Gasteiger partial charge is 0.303 e. The molecule has 0 radical (unpaired) electrons. The highest BCUT2D eigenvalue weighted by Crippen LogP contribution is 2.25. The molecule has 0 aromatic rings. The highest BCUT2D eigenvalue weighted by atomic mass is 16.7. The van der Waals surface area contributed by atoms with Crippen LogP contribution in [0, 0.1) is 0 Å². The van der Waals surface area contributed by atoms with Gasteiger partial charge in [-0.15, -0.1) is 0 Å². The van der Waals surface area contributed by atoms with E-state index in [1.807, 2.05) is 6.08 Å². The van der Waals surface area contributed by atoms with Crippen molar-refractivity contribution in [2.24, 2.45) is 0 Å². The Bertz CT molecular complexity index is 611. The average Bonchev–Trinajstić information content (AvgIpc) is 2.65. The minimum atomic E-state index is -1.47. The van der Waals surface area contributed by atoms with Crippen LogP contribution in [0.15, 0.2) is 23.8 Å². The Morgan fingerprint density at radius 1 is 1.10 bits per heavy atom. The molecule has 9 heteroatoms. The third-order valence-corrected chi connectivity index (χ3v) is 4.29. The van der Waals surface area contributed by atoms with Gasteiger partial charge in [-0.05, 0) is 31.8 Å². The van der Waals surface area contributed by atoms with Gasteiger partial charge in [0, 0.05) is 13.8 Å². The standard InChI is InChI=1S/C20H30O9/c1-12(6-5-7-13(2)10-21)8-9-26-20-19(28-15(4)23)18(25)17(24)16(29-20)11-27-14(3)22/h7,10,16-20,24-25H,1,5-6,8-9,11H2,2-4H3. The van der Waals surface area contributed by atoms with Gasteiger partial charge >= 0.3 is 11.9 Å². The fraction of sp³-hybridized carbons (Fsp3) is 0.650. The zero-order chi connectivity index (χ0) is 22.0. The Kier molecular flexibility index (Phi) is 10.7. The molecule has 1 heterocycles. The molecule has 0 aromatic heterocycles. The van der Waals surface area contributed by atoms with E-state index < -0.39 is 42.6 Å². The van der Waals surface area contributed by atoms with Crippen molar-refractivity contribution in [3.05, 3.63) is 23.8 Å². The van der Waals surface area contributed by atoms with E-state index in [2.05, 4.69) is 6.58 Å². The molecule has 29 heavy (non-hydrogen) atoms. The Balaban J connectivity index is 2.64. The predicted octanol–water partition coefficient (Wildman–Crippen LogP) is 0.816. The molecule has 1 aliphatic heterocycles. The van der Waals surface area contributed by atoms with Crippen molar-refractivity contribution >= 4 is 18.2 Å². The van der Waals surface area contributed by atoms with Crippen molar-refractivity contribution in [2.45, 2.75) is 70.7 Å². The summed E-state index contributed by atoms with van der Waals surface area (Å²) in [6.07, 6.45) is -1.90. The van der Waals surface area contributed by atoms with Gasteiger partial charge in [0.15, 0.2) is 12.4 Å². The second-order valence-electron chi connectivity index (χ2n) is 6.88. The van der Waals surface area contributed by atoms with E-state index in [0.29, 0.717) is 24.8 Å². The molecule has 0 amide bonds. The number of hydrogen-bond acceptors (Lipinski definition) is 9. The minimum Gasteiger partial charge on any atom is -0.463 e. The van der Waals surface area contributed by atoms with Gasteiger partial charge in [0.1, 0.15) is 31.2 Å². The van der Waals surface area contributed by atoms with Gasteiger partial charge < -0.3 is 29.2 Å². The molecule has 1 rings (SSSR count). The summed E-state index contributed by atoms with van der Waals surface area (Å²) in [4.78, 5) is 32.9. The van der Waals surface area contributed by atoms with Crippen molar-refractivity contribution in [2.75, 3.05) is 13.2 Å². The first-order chi connectivity index (χ1) is 13.6. The van der Waals surface area contributed by atoms with E-state index in [1.165, 1.54) is 6.92 Å². The quantitative estimate of drug-likeness (QED) is 0.218. The molecule has 0 aromatic carbocycles. The monoisotopic (exact) mass is 414 g/mol. The number of aliphatic hydroxyl groups is 2. The van der Waals surface area contributed by atoms with Crippen LogP contribution in [0.3, 0.4) is 0 Å². The SMILES string of the molecule is C=C(CCC=C(C)C=O)CCOC1OC(COC(C)=O)C(O)C(O)C1OC(C)=O. The lowest BCUT2D eigenvalue weighted by atomic mass is 9.99. The molecule has 0 bridgehead atoms. The Labute approximate surface area is 170 Å². The van der Waals surface area contributed by atoms with Crippen molar-refractivity contribution < 1.29 is 43.5 Å². The number of aliphatic hydroxyl groups excluding tert-OH is 2. The summed E-state index contributed by atoms with van der Waals surface area (Å²) >= 11 is 0. The number of carbonyl (C=O) groups excluding carboxylic acids is 3. The van der Waals surface area contributed by atoms with Gasteiger partial charge in [-0.2, -0.15) is 0 Å². The molecule has 5 unspecified atom stereocenters. The highest BCUT2D eigenvalue weighted by molar-refractivity contribution is 5.71. The summed E-state index contributed by atoms with van der Waals surface area (Å²) < 4.78 is 21.1. The van der Waals surface area contributed by atoms with Crippen LogP contribution in [0.2, 0.25) is 0 Å². The largest absolute Gasteiger partial charge is 0.463 e. The molecule has 0 aliphatic carbocycles. The molecule has 5 atom stereocenters. The Hall–Kier alpha value is -2.07. The van der Waals surface area contributed by atoms with Crippen LogP contribution >= 0.6 is 0 Å². The lowest BCUT2D eigenvalue weighted by molar-refractivity contribution is -0.304. The predicted molar refractivity (Wildman–Crippen MR) is 102 cm³/mol. The molecular formula is C20H30O9. The van der Waals surface area contributed by atoms with Crippen LogP contribution < -0.4 is 0 Å². The first-order valence-electron chi connectivity index (χ1n) is 9.38. The molecule has 1 fully saturated rings. The van der Waals surface area contributed by atoms with Gasteiger partial charge in [-0.3, -0.25) is 14.4 Å². The van der Waals surface area contributed by atoms with Crippen molar-refractivity contribution in [3.8, 4) is 0 Å². The summed E-state index contributed by atoms with van der Waals surface area (Å²) in [5.41, 5.74) is 1.54. The van der Waals surface area contributed by atoms with Crippen LogP contribution in [0.1, 0.15) is 40.0 Å². The summed E-state index contributed by atoms with van der Waals surface area (Å²) in [7, 11) is 0. The van der Waals surface area contributed by atoms with E-state index in [0.717, 1.165) is 18.8 Å². The Morgan fingerprint density at radius 3 is 2.38 bits per heavy atom. The fourth-order valence-electron chi connectivity index (χ4n) is 2.69. The second-order valence-corrected chi connectivity index (χ2v) is 6.88. The van der Waals surface area contributed by atoms with Crippen molar-refractivity contribution in [1.82, 2.24) is 0 Å². The van der Waals surface area contributed by atoms with Crippen molar-refractivity contribution in [1.29, 1.82) is 0 Å². The normalized spacial score (nSPS) is 27.2. The maximum absolute atomic E-state index is 11.3. The van der Waals surface area contributed by atoms with Gasteiger partial charge in [0.05, 0.1) is 6.61 Å². The molecule has 0 spiro atoms. The molecule has 9 nitrogen and oxygen atoms in total. The van der Waals surface area contributed by atoms with Gasteiger partial charge in [-0.1, -0.05) is 18.2 Å². The van der Waals surface area contributed by atoms with E-state index in [9.17, 15) is 24.6 Å². The number of rotatable bonds is 11. The first kappa shape index (κ1) is 25.0. The summed E-state index contributed by atoms with van der Waals surface area (Å²) in [6.45, 7) is 7.93. The number of esters is 2. The van der Waals surface area contributed by atoms with E-state index in [-0.39, 0.29) is 13.2 Å². The van der Waals surface area contributed by atoms with Crippen LogP contribution in [-0.2, 0) is 33.3 Å². The summed E-state index contributed by atoms with van der Waals surface area (Å²) in [5.74, 6) is -1.23. The number of ether oxygens (including phenoxy) is 4. The van der Waals surface area contributed by atoms with Crippen LogP contribution in [0.4, 0.5) is 0 Å². The van der Waals surface area contributed by atoms with Crippen LogP contribution in [-0.4, -0.2) is 72.4 Å². The summed E-state index contributed by atoms with van der Waals surface area (Å²) in [6, 6.07) is 0. The highest BCUT2D eigenvalue weighted by Gasteiger charge is 2.47. The lowest BCUT2D eigenvalue weighted by Gasteiger charge is -2.41. The Morgan fingerprint density at radius 2 is 1.79 bits per heavy atom. The number of allylic oxidation sites excluding steroid dienone is 2. The van der Waals surface area contributed by atoms with E-state index in [4.69, 9.17) is 18.9 Å². The third-order valence-electron chi connectivity index (χ3n) is 4.29. The van der Waals surface area contributed by atoms with Gasteiger partial charge in [0.2, 0.25) is 0 Å². The van der Waals surface area contributed by atoms with Crippen LogP contribution in [0.5, 0.6) is 0 Å². The molecule has 1 aliphatic rings. The number of aldehydes is 1. The minimum absolute atomic E-state index is 0.167. The maximum Gasteiger partial charge on any atom is 0.303 e. The number of carbonyl (C=O) groups is 3. The maximum atomic E-state index is 11.3. The van der Waals surface area contributed by atoms with E-state index in [1.54, 1.807) is 6.92 Å². The molecule has 1 saturated heterocycles. The average molecular weight is 414 g/mol. The summed E-state index contributed by atoms with van der Waals surface area (Å²) in [5, 5.41) is 20.5. The first-order valence-corrected chi connectivity index (χ1v) is 9.38. The molecular weight excluding hydrogens is 384 g/mol. The second kappa shape index (κ2) is 12.5. The lowest BCUT2D eigenvalue weighted by Crippen LogP contribution is -2.60. The van der Waals surface area contributed by atoms with Crippen molar-refractivity contribution in [3.63, 3.8) is 0 Å². The third kappa shape index (κ3) is 8.86. The van der Waals surface area contributed by atoms with Gasteiger partial charge in [0.25, 0.3) is 0 Å². The van der Waals surface area contributed by atoms with Gasteiger partial charge in [-0.25, -0.2) is 0 Å². The van der Waals surface area contributed by atoms with E-state index >= 15 is 0 Å².